The van der Waals surface area contributed by atoms with E-state index in [2.05, 4.69) is 12.2 Å². The quantitative estimate of drug-likeness (QED) is 0.833. The molecule has 0 saturated carbocycles. The lowest BCUT2D eigenvalue weighted by molar-refractivity contribution is 0.112. The first kappa shape index (κ1) is 12.4. The van der Waals surface area contributed by atoms with E-state index >= 15 is 0 Å². The van der Waals surface area contributed by atoms with E-state index in [4.69, 9.17) is 9.84 Å². The largest absolute Gasteiger partial charge is 0.490 e. The molecule has 94 valence electrons. The Bertz CT molecular complexity index is 337. The second kappa shape index (κ2) is 6.03. The molecular formula is C14H21NO2. The summed E-state index contributed by atoms with van der Waals surface area (Å²) in [5.74, 6) is 1.49. The highest BCUT2D eigenvalue weighted by Gasteiger charge is 2.22. The van der Waals surface area contributed by atoms with Crippen molar-refractivity contribution >= 4 is 0 Å². The van der Waals surface area contributed by atoms with Crippen LogP contribution in [-0.4, -0.2) is 30.9 Å². The van der Waals surface area contributed by atoms with Crippen LogP contribution in [-0.2, 0) is 6.42 Å². The van der Waals surface area contributed by atoms with Crippen molar-refractivity contribution in [3.05, 3.63) is 29.8 Å². The van der Waals surface area contributed by atoms with E-state index in [1.165, 1.54) is 0 Å². The smallest absolute Gasteiger partial charge is 0.119 e. The third-order valence-corrected chi connectivity index (χ3v) is 3.32. The molecule has 0 aliphatic carbocycles. The predicted octanol–water partition coefficient (Wildman–Crippen LogP) is 1.60. The van der Waals surface area contributed by atoms with Gasteiger partial charge < -0.3 is 15.2 Å². The van der Waals surface area contributed by atoms with Crippen LogP contribution in [0.4, 0.5) is 0 Å². The van der Waals surface area contributed by atoms with Crippen molar-refractivity contribution in [3.8, 4) is 5.75 Å². The Morgan fingerprint density at radius 3 is 2.76 bits per heavy atom. The molecule has 2 N–H and O–H groups in total. The van der Waals surface area contributed by atoms with E-state index in [0.29, 0.717) is 18.4 Å². The third kappa shape index (κ3) is 3.45. The van der Waals surface area contributed by atoms with Gasteiger partial charge in [-0.15, -0.1) is 0 Å². The fourth-order valence-electron chi connectivity index (χ4n) is 2.20. The lowest BCUT2D eigenvalue weighted by Crippen LogP contribution is -2.41. The highest BCUT2D eigenvalue weighted by atomic mass is 16.5. The van der Waals surface area contributed by atoms with Gasteiger partial charge in [0.15, 0.2) is 0 Å². The predicted molar refractivity (Wildman–Crippen MR) is 68.3 cm³/mol. The Morgan fingerprint density at radius 1 is 1.35 bits per heavy atom. The van der Waals surface area contributed by atoms with Crippen LogP contribution in [0, 0.1) is 5.92 Å². The van der Waals surface area contributed by atoms with Gasteiger partial charge in [0.25, 0.3) is 0 Å². The summed E-state index contributed by atoms with van der Waals surface area (Å²) < 4.78 is 6.00. The molecule has 2 atom stereocenters. The van der Waals surface area contributed by atoms with Gasteiger partial charge in [-0.25, -0.2) is 0 Å². The molecule has 17 heavy (non-hydrogen) atoms. The minimum atomic E-state index is 0.200. The number of hydrogen-bond acceptors (Lipinski definition) is 3. The van der Waals surface area contributed by atoms with Crippen LogP contribution in [0.3, 0.4) is 0 Å². The van der Waals surface area contributed by atoms with Gasteiger partial charge in [-0.05, 0) is 37.1 Å². The minimum Gasteiger partial charge on any atom is -0.490 e. The zero-order valence-electron chi connectivity index (χ0n) is 10.4. The second-order valence-electron chi connectivity index (χ2n) is 4.74. The number of nitrogens with one attached hydrogen (secondary N) is 1. The molecule has 1 fully saturated rings. The van der Waals surface area contributed by atoms with Crippen LogP contribution < -0.4 is 10.1 Å². The molecule has 1 saturated heterocycles. The van der Waals surface area contributed by atoms with Crippen molar-refractivity contribution in [1.82, 2.24) is 5.32 Å². The van der Waals surface area contributed by atoms with Crippen molar-refractivity contribution < 1.29 is 9.84 Å². The number of aliphatic hydroxyl groups excluding tert-OH is 1. The number of hydrogen-bond donors (Lipinski definition) is 2. The average Bonchev–Trinajstić information content (AvgIpc) is 2.35. The molecule has 2 rings (SSSR count). The Labute approximate surface area is 103 Å². The van der Waals surface area contributed by atoms with Crippen molar-refractivity contribution in [2.24, 2.45) is 5.92 Å². The van der Waals surface area contributed by atoms with Crippen LogP contribution >= 0.6 is 0 Å². The maximum Gasteiger partial charge on any atom is 0.119 e. The molecule has 0 aromatic heterocycles. The number of rotatable bonds is 4. The molecule has 0 spiro atoms. The van der Waals surface area contributed by atoms with Gasteiger partial charge in [0.1, 0.15) is 11.9 Å². The Kier molecular flexibility index (Phi) is 4.40. The third-order valence-electron chi connectivity index (χ3n) is 3.32. The zero-order chi connectivity index (χ0) is 12.1. The number of piperidine rings is 1. The lowest BCUT2D eigenvalue weighted by atomic mass is 9.98. The monoisotopic (exact) mass is 235 g/mol. The second-order valence-corrected chi connectivity index (χ2v) is 4.74. The van der Waals surface area contributed by atoms with Crippen LogP contribution in [0.15, 0.2) is 24.3 Å². The van der Waals surface area contributed by atoms with Gasteiger partial charge in [-0.3, -0.25) is 0 Å². The van der Waals surface area contributed by atoms with E-state index in [9.17, 15) is 0 Å². The Hall–Kier alpha value is -1.06. The summed E-state index contributed by atoms with van der Waals surface area (Å²) in [5.41, 5.74) is 1.15. The van der Waals surface area contributed by atoms with Gasteiger partial charge in [0.05, 0.1) is 0 Å². The van der Waals surface area contributed by atoms with Crippen molar-refractivity contribution in [3.63, 3.8) is 0 Å². The summed E-state index contributed by atoms with van der Waals surface area (Å²) in [7, 11) is 0. The van der Waals surface area contributed by atoms with E-state index < -0.39 is 0 Å². The van der Waals surface area contributed by atoms with Gasteiger partial charge >= 0.3 is 0 Å². The molecule has 1 aromatic carbocycles. The van der Waals surface area contributed by atoms with Gasteiger partial charge in [0.2, 0.25) is 0 Å². The van der Waals surface area contributed by atoms with Gasteiger partial charge in [-0.2, -0.15) is 0 Å². The normalized spacial score (nSPS) is 24.6. The first-order chi connectivity index (χ1) is 8.29. The summed E-state index contributed by atoms with van der Waals surface area (Å²) in [6.07, 6.45) is 2.10. The highest BCUT2D eigenvalue weighted by Crippen LogP contribution is 2.20. The molecule has 1 aliphatic heterocycles. The van der Waals surface area contributed by atoms with E-state index in [-0.39, 0.29) is 6.61 Å². The summed E-state index contributed by atoms with van der Waals surface area (Å²) in [6.45, 7) is 4.49. The summed E-state index contributed by atoms with van der Waals surface area (Å²) in [6, 6.07) is 8.05. The van der Waals surface area contributed by atoms with E-state index in [0.717, 1.165) is 30.8 Å². The molecule has 0 amide bonds. The number of aliphatic hydroxyl groups is 1. The zero-order valence-corrected chi connectivity index (χ0v) is 10.4. The number of ether oxygens (including phenoxy) is 1. The summed E-state index contributed by atoms with van der Waals surface area (Å²) >= 11 is 0. The fraction of sp³-hybridized carbons (Fsp3) is 0.571. The molecule has 3 nitrogen and oxygen atoms in total. The molecule has 0 bridgehead atoms. The molecule has 1 aliphatic rings. The maximum absolute atomic E-state index is 8.85. The molecule has 2 unspecified atom stereocenters. The van der Waals surface area contributed by atoms with Gasteiger partial charge in [-0.1, -0.05) is 19.1 Å². The van der Waals surface area contributed by atoms with Gasteiger partial charge in [0, 0.05) is 19.1 Å². The average molecular weight is 235 g/mol. The molecule has 1 heterocycles. The Morgan fingerprint density at radius 2 is 2.12 bits per heavy atom. The highest BCUT2D eigenvalue weighted by molar-refractivity contribution is 5.27. The number of benzene rings is 1. The minimum absolute atomic E-state index is 0.200. The first-order valence-electron chi connectivity index (χ1n) is 6.37. The molecular weight excluding hydrogens is 214 g/mol. The first-order valence-corrected chi connectivity index (χ1v) is 6.37. The Balaban J connectivity index is 1.93. The van der Waals surface area contributed by atoms with Crippen LogP contribution in [0.25, 0.3) is 0 Å². The van der Waals surface area contributed by atoms with Crippen molar-refractivity contribution in [2.45, 2.75) is 25.9 Å². The topological polar surface area (TPSA) is 41.5 Å². The summed E-state index contributed by atoms with van der Waals surface area (Å²) in [5, 5.41) is 12.2. The van der Waals surface area contributed by atoms with Crippen LogP contribution in [0.2, 0.25) is 0 Å². The molecule has 3 heteroatoms. The van der Waals surface area contributed by atoms with Crippen LogP contribution in [0.5, 0.6) is 5.75 Å². The van der Waals surface area contributed by atoms with Crippen molar-refractivity contribution in [1.29, 1.82) is 0 Å². The lowest BCUT2D eigenvalue weighted by Gasteiger charge is -2.30. The van der Waals surface area contributed by atoms with Crippen molar-refractivity contribution in [2.75, 3.05) is 19.7 Å². The molecule has 1 aromatic rings. The van der Waals surface area contributed by atoms with Crippen LogP contribution in [0.1, 0.15) is 18.9 Å². The van der Waals surface area contributed by atoms with E-state index in [1.54, 1.807) is 0 Å². The summed E-state index contributed by atoms with van der Waals surface area (Å²) in [4.78, 5) is 0. The van der Waals surface area contributed by atoms with E-state index in [1.807, 2.05) is 24.3 Å². The molecule has 0 radical (unpaired) electrons. The standard InChI is InChI=1S/C14H21NO2/c1-11-10-15-8-6-14(11)17-13-4-2-12(3-5-13)7-9-16/h2-5,11,14-16H,6-10H2,1H3. The SMILES string of the molecule is CC1CNCCC1Oc1ccc(CCO)cc1. The maximum atomic E-state index is 8.85. The fourth-order valence-corrected chi connectivity index (χ4v) is 2.20.